The standard InChI is InChI=1S/C13H16N4OS/c14-8-12(15-5-6-18)19-7-4-10-13-9(16-17-10)2-1-3-11(13)19/h1-4,7,12,15,18H,5-6,8,14H2. The summed E-state index contributed by atoms with van der Waals surface area (Å²) in [6, 6.07) is 6.11. The molecular formula is C13H16N4OS. The maximum Gasteiger partial charge on any atom is 0.0967 e. The summed E-state index contributed by atoms with van der Waals surface area (Å²) in [5.41, 5.74) is 8.88. The molecule has 6 heteroatoms. The zero-order valence-corrected chi connectivity index (χ0v) is 11.2. The Morgan fingerprint density at radius 1 is 1.37 bits per heavy atom. The van der Waals surface area contributed by atoms with E-state index in [1.165, 1.54) is 4.90 Å². The molecule has 2 heterocycles. The third-order valence-corrected chi connectivity index (χ3v) is 5.41. The number of hydrogen-bond acceptors (Lipinski definition) is 5. The van der Waals surface area contributed by atoms with Gasteiger partial charge in [-0.15, -0.1) is 20.7 Å². The van der Waals surface area contributed by atoms with Gasteiger partial charge >= 0.3 is 0 Å². The van der Waals surface area contributed by atoms with Gasteiger partial charge in [0.1, 0.15) is 0 Å². The number of allylic oxidation sites excluding steroid dienone is 1. The lowest BCUT2D eigenvalue weighted by atomic mass is 10.1. The summed E-state index contributed by atoms with van der Waals surface area (Å²) in [5, 5.41) is 22.9. The number of aliphatic hydroxyl groups excluding tert-OH is 1. The van der Waals surface area contributed by atoms with Crippen LogP contribution in [-0.4, -0.2) is 35.5 Å². The highest BCUT2D eigenvalue weighted by molar-refractivity contribution is 8.15. The van der Waals surface area contributed by atoms with Crippen LogP contribution in [0.15, 0.2) is 39.4 Å². The van der Waals surface area contributed by atoms with Crippen LogP contribution in [0, 0.1) is 0 Å². The van der Waals surface area contributed by atoms with Crippen molar-refractivity contribution in [3.63, 3.8) is 0 Å². The second kappa shape index (κ2) is 5.34. The summed E-state index contributed by atoms with van der Waals surface area (Å²) in [6.07, 6.45) is 2.02. The Hall–Kier alpha value is -1.34. The van der Waals surface area contributed by atoms with Gasteiger partial charge in [-0.25, -0.2) is 0 Å². The molecule has 0 saturated carbocycles. The summed E-state index contributed by atoms with van der Waals surface area (Å²) in [5.74, 6) is 0. The number of nitrogens with zero attached hydrogens (tertiary/aromatic N) is 2. The molecule has 3 rings (SSSR count). The molecule has 0 radical (unpaired) electrons. The number of rotatable bonds is 5. The number of azo groups is 1. The smallest absolute Gasteiger partial charge is 0.0967 e. The van der Waals surface area contributed by atoms with Crippen molar-refractivity contribution in [3.05, 3.63) is 29.8 Å². The van der Waals surface area contributed by atoms with Crippen LogP contribution < -0.4 is 11.1 Å². The molecule has 0 bridgehead atoms. The van der Waals surface area contributed by atoms with Gasteiger partial charge in [-0.2, -0.15) is 0 Å². The van der Waals surface area contributed by atoms with Gasteiger partial charge in [0.25, 0.3) is 0 Å². The number of nitrogens with one attached hydrogen (secondary N) is 1. The predicted octanol–water partition coefficient (Wildman–Crippen LogP) is 1.44. The fourth-order valence-electron chi connectivity index (χ4n) is 2.29. The molecular weight excluding hydrogens is 260 g/mol. The monoisotopic (exact) mass is 276 g/mol. The van der Waals surface area contributed by atoms with Gasteiger partial charge in [0.15, 0.2) is 0 Å². The van der Waals surface area contributed by atoms with E-state index in [9.17, 15) is 0 Å². The van der Waals surface area contributed by atoms with Crippen molar-refractivity contribution in [2.75, 3.05) is 19.7 Å². The molecule has 2 unspecified atom stereocenters. The lowest BCUT2D eigenvalue weighted by Gasteiger charge is -2.25. The predicted molar refractivity (Wildman–Crippen MR) is 78.8 cm³/mol. The summed E-state index contributed by atoms with van der Waals surface area (Å²) < 4.78 is 0. The Morgan fingerprint density at radius 3 is 3.05 bits per heavy atom. The largest absolute Gasteiger partial charge is 0.395 e. The molecule has 1 aromatic rings. The molecule has 2 aliphatic heterocycles. The zero-order chi connectivity index (χ0) is 13.2. The third kappa shape index (κ3) is 2.17. The molecule has 0 amide bonds. The van der Waals surface area contributed by atoms with Crippen LogP contribution in [-0.2, 0) is 0 Å². The van der Waals surface area contributed by atoms with Crippen LogP contribution in [0.4, 0.5) is 5.69 Å². The van der Waals surface area contributed by atoms with Crippen LogP contribution >= 0.6 is 10.5 Å². The van der Waals surface area contributed by atoms with Gasteiger partial charge in [0.05, 0.1) is 23.4 Å². The molecule has 5 nitrogen and oxygen atoms in total. The highest BCUT2D eigenvalue weighted by Crippen LogP contribution is 2.46. The van der Waals surface area contributed by atoms with Crippen LogP contribution in [0.5, 0.6) is 0 Å². The minimum Gasteiger partial charge on any atom is -0.395 e. The highest BCUT2D eigenvalue weighted by Gasteiger charge is 2.25. The molecule has 0 spiro atoms. The van der Waals surface area contributed by atoms with Gasteiger partial charge in [-0.05, 0) is 23.6 Å². The maximum absolute atomic E-state index is 8.95. The SMILES string of the molecule is NCC(NCCO)S1=CC=C2N=Nc3cccc1c32. The van der Waals surface area contributed by atoms with Crippen molar-refractivity contribution in [1.82, 2.24) is 5.32 Å². The zero-order valence-electron chi connectivity index (χ0n) is 10.4. The minimum atomic E-state index is -0.118. The topological polar surface area (TPSA) is 83.0 Å². The minimum absolute atomic E-state index is 0.117. The summed E-state index contributed by atoms with van der Waals surface area (Å²) in [6.45, 7) is 1.20. The first-order valence-electron chi connectivity index (χ1n) is 6.21. The maximum atomic E-state index is 8.95. The number of hydrogen-bond donors (Lipinski definition) is 3. The van der Waals surface area contributed by atoms with E-state index in [0.717, 1.165) is 16.9 Å². The molecule has 19 heavy (non-hydrogen) atoms. The first-order chi connectivity index (χ1) is 9.35. The number of benzene rings is 1. The van der Waals surface area contributed by atoms with Crippen LogP contribution in [0.2, 0.25) is 0 Å². The lowest BCUT2D eigenvalue weighted by molar-refractivity contribution is 0.291. The van der Waals surface area contributed by atoms with Gasteiger partial charge in [0.2, 0.25) is 0 Å². The van der Waals surface area contributed by atoms with Crippen molar-refractivity contribution in [3.8, 4) is 0 Å². The molecule has 0 aromatic heterocycles. The first-order valence-corrected chi connectivity index (χ1v) is 7.56. The van der Waals surface area contributed by atoms with E-state index in [-0.39, 0.29) is 22.5 Å². The second-order valence-electron chi connectivity index (χ2n) is 4.31. The van der Waals surface area contributed by atoms with E-state index >= 15 is 0 Å². The number of aliphatic hydroxyl groups is 1. The molecule has 2 aliphatic rings. The molecule has 0 fully saturated rings. The molecule has 2 atom stereocenters. The van der Waals surface area contributed by atoms with Crippen LogP contribution in [0.25, 0.3) is 5.70 Å². The molecule has 0 saturated heterocycles. The molecule has 1 aromatic carbocycles. The van der Waals surface area contributed by atoms with Crippen molar-refractivity contribution >= 4 is 27.2 Å². The molecule has 0 aliphatic carbocycles. The van der Waals surface area contributed by atoms with Crippen LogP contribution in [0.3, 0.4) is 0 Å². The fourth-order valence-corrected chi connectivity index (χ4v) is 4.40. The van der Waals surface area contributed by atoms with Gasteiger partial charge in [-0.1, -0.05) is 6.07 Å². The van der Waals surface area contributed by atoms with E-state index in [0.29, 0.717) is 13.1 Å². The van der Waals surface area contributed by atoms with Gasteiger partial charge < -0.3 is 16.2 Å². The van der Waals surface area contributed by atoms with Crippen molar-refractivity contribution < 1.29 is 5.11 Å². The van der Waals surface area contributed by atoms with E-state index in [1.54, 1.807) is 0 Å². The van der Waals surface area contributed by atoms with Gasteiger partial charge in [0, 0.05) is 23.5 Å². The molecule has 4 N–H and O–H groups in total. The summed E-state index contributed by atoms with van der Waals surface area (Å²) >= 11 is 0. The lowest BCUT2D eigenvalue weighted by Crippen LogP contribution is -2.36. The van der Waals surface area contributed by atoms with Crippen molar-refractivity contribution in [1.29, 1.82) is 0 Å². The average Bonchev–Trinajstić information content (AvgIpc) is 2.87. The van der Waals surface area contributed by atoms with E-state index in [4.69, 9.17) is 10.8 Å². The van der Waals surface area contributed by atoms with Gasteiger partial charge in [-0.3, -0.25) is 0 Å². The van der Waals surface area contributed by atoms with Crippen molar-refractivity contribution in [2.45, 2.75) is 10.3 Å². The first kappa shape index (κ1) is 12.7. The second-order valence-corrected chi connectivity index (χ2v) is 6.34. The Labute approximate surface area is 114 Å². The van der Waals surface area contributed by atoms with E-state index in [1.807, 2.05) is 18.2 Å². The Kier molecular flexibility index (Phi) is 3.56. The van der Waals surface area contributed by atoms with E-state index in [2.05, 4.69) is 27.0 Å². The quantitative estimate of drug-likeness (QED) is 0.711. The van der Waals surface area contributed by atoms with E-state index < -0.39 is 0 Å². The third-order valence-electron chi connectivity index (χ3n) is 3.16. The Balaban J connectivity index is 2.00. The molecule has 100 valence electrons. The fraction of sp³-hybridized carbons (Fsp3) is 0.308. The highest BCUT2D eigenvalue weighted by atomic mass is 32.2. The Morgan fingerprint density at radius 2 is 2.26 bits per heavy atom. The Bertz CT molecular complexity index is 594. The number of nitrogens with two attached hydrogens (primary N) is 1. The average molecular weight is 276 g/mol. The van der Waals surface area contributed by atoms with Crippen molar-refractivity contribution in [2.24, 2.45) is 16.0 Å². The normalized spacial score (nSPS) is 20.7. The van der Waals surface area contributed by atoms with Crippen LogP contribution in [0.1, 0.15) is 5.56 Å². The summed E-state index contributed by atoms with van der Waals surface area (Å²) in [7, 11) is -0.118. The summed E-state index contributed by atoms with van der Waals surface area (Å²) in [4.78, 5) is 1.24.